The molecule has 1 aliphatic carbocycles. The summed E-state index contributed by atoms with van der Waals surface area (Å²) in [6.07, 6.45) is 8.83. The average molecular weight is 264 g/mol. The molecular formula is C16H28N2O. The summed E-state index contributed by atoms with van der Waals surface area (Å²) in [5, 5.41) is 3.37. The first-order valence-corrected chi connectivity index (χ1v) is 8.19. The first-order chi connectivity index (χ1) is 9.19. The fourth-order valence-corrected chi connectivity index (χ4v) is 4.36. The van der Waals surface area contributed by atoms with Crippen LogP contribution >= 0.6 is 0 Å². The number of carbonyl (C=O) groups is 1. The van der Waals surface area contributed by atoms with Crippen LogP contribution < -0.4 is 5.32 Å². The van der Waals surface area contributed by atoms with Crippen LogP contribution in [0.3, 0.4) is 0 Å². The largest absolute Gasteiger partial charge is 0.342 e. The summed E-state index contributed by atoms with van der Waals surface area (Å²) in [5.74, 6) is 2.16. The third-order valence-corrected chi connectivity index (χ3v) is 5.80. The molecule has 2 aliphatic heterocycles. The lowest BCUT2D eigenvalue weighted by Crippen LogP contribution is -2.52. The molecule has 1 saturated carbocycles. The zero-order valence-corrected chi connectivity index (χ0v) is 12.3. The summed E-state index contributed by atoms with van der Waals surface area (Å²) >= 11 is 0. The maximum atomic E-state index is 12.8. The van der Waals surface area contributed by atoms with Gasteiger partial charge in [0.05, 0.1) is 0 Å². The van der Waals surface area contributed by atoms with E-state index in [9.17, 15) is 4.79 Å². The van der Waals surface area contributed by atoms with Gasteiger partial charge in [0.1, 0.15) is 0 Å². The van der Waals surface area contributed by atoms with Crippen molar-refractivity contribution in [2.45, 2.75) is 51.9 Å². The highest BCUT2D eigenvalue weighted by Gasteiger charge is 2.41. The quantitative estimate of drug-likeness (QED) is 0.789. The molecule has 3 rings (SSSR count). The lowest BCUT2D eigenvalue weighted by Gasteiger charge is -2.45. The van der Waals surface area contributed by atoms with E-state index in [-0.39, 0.29) is 5.41 Å². The van der Waals surface area contributed by atoms with Gasteiger partial charge in [-0.25, -0.2) is 0 Å². The number of nitrogens with one attached hydrogen (secondary N) is 1. The maximum absolute atomic E-state index is 12.8. The van der Waals surface area contributed by atoms with E-state index in [1.165, 1.54) is 32.1 Å². The van der Waals surface area contributed by atoms with Gasteiger partial charge in [-0.05, 0) is 50.6 Å². The van der Waals surface area contributed by atoms with E-state index >= 15 is 0 Å². The molecule has 2 heterocycles. The molecule has 3 heteroatoms. The molecule has 2 saturated heterocycles. The Kier molecular flexibility index (Phi) is 3.84. The van der Waals surface area contributed by atoms with Gasteiger partial charge in [0.25, 0.3) is 0 Å². The molecule has 3 fully saturated rings. The van der Waals surface area contributed by atoms with Crippen LogP contribution in [0.25, 0.3) is 0 Å². The Bertz CT molecular complexity index is 336. The molecule has 1 amide bonds. The van der Waals surface area contributed by atoms with Crippen molar-refractivity contribution in [1.29, 1.82) is 0 Å². The van der Waals surface area contributed by atoms with Crippen LogP contribution in [0.15, 0.2) is 0 Å². The second kappa shape index (κ2) is 5.43. The predicted molar refractivity (Wildman–Crippen MR) is 76.9 cm³/mol. The highest BCUT2D eigenvalue weighted by atomic mass is 16.2. The Morgan fingerprint density at radius 1 is 1.11 bits per heavy atom. The zero-order valence-electron chi connectivity index (χ0n) is 12.3. The van der Waals surface area contributed by atoms with Gasteiger partial charge in [-0.15, -0.1) is 0 Å². The molecule has 0 aromatic heterocycles. The van der Waals surface area contributed by atoms with Crippen molar-refractivity contribution in [1.82, 2.24) is 10.2 Å². The van der Waals surface area contributed by atoms with E-state index in [1.54, 1.807) is 0 Å². The zero-order chi connectivity index (χ0) is 13.3. The molecule has 0 aromatic carbocycles. The van der Waals surface area contributed by atoms with Gasteiger partial charge in [0.2, 0.25) is 5.91 Å². The molecule has 3 aliphatic rings. The van der Waals surface area contributed by atoms with Crippen molar-refractivity contribution in [3.63, 3.8) is 0 Å². The topological polar surface area (TPSA) is 32.3 Å². The minimum absolute atomic E-state index is 0.0905. The van der Waals surface area contributed by atoms with Gasteiger partial charge in [0, 0.05) is 18.5 Å². The first kappa shape index (κ1) is 13.4. The van der Waals surface area contributed by atoms with Crippen LogP contribution in [-0.4, -0.2) is 37.0 Å². The minimum Gasteiger partial charge on any atom is -0.342 e. The number of nitrogens with zero attached hydrogens (tertiary/aromatic N) is 1. The number of piperidine rings is 2. The van der Waals surface area contributed by atoms with Gasteiger partial charge >= 0.3 is 0 Å². The summed E-state index contributed by atoms with van der Waals surface area (Å²) in [4.78, 5) is 15.1. The lowest BCUT2D eigenvalue weighted by atomic mass is 9.73. The normalized spacial score (nSPS) is 34.7. The Labute approximate surface area is 117 Å². The molecule has 0 radical (unpaired) electrons. The standard InChI is InChI=1S/C16H28N2O/c1-16(7-9-17-10-8-16)15(19)18-11-6-13-4-2-3-5-14(13)12-18/h13-14,17H,2-12H2,1H3. The molecule has 2 unspecified atom stereocenters. The fraction of sp³-hybridized carbons (Fsp3) is 0.938. The SMILES string of the molecule is CC1(C(=O)N2CCC3CCCCC3C2)CCNCC1. The number of rotatable bonds is 1. The molecule has 0 aromatic rings. The van der Waals surface area contributed by atoms with Crippen molar-refractivity contribution in [2.24, 2.45) is 17.3 Å². The summed E-state index contributed by atoms with van der Waals surface area (Å²) in [6, 6.07) is 0. The molecule has 1 N–H and O–H groups in total. The Morgan fingerprint density at radius 3 is 2.53 bits per heavy atom. The molecule has 0 bridgehead atoms. The van der Waals surface area contributed by atoms with Crippen molar-refractivity contribution < 1.29 is 4.79 Å². The molecule has 0 spiro atoms. The molecule has 2 atom stereocenters. The highest BCUT2D eigenvalue weighted by Crippen LogP contribution is 2.38. The monoisotopic (exact) mass is 264 g/mol. The molecule has 3 nitrogen and oxygen atoms in total. The van der Waals surface area contributed by atoms with Gasteiger partial charge < -0.3 is 10.2 Å². The van der Waals surface area contributed by atoms with Crippen LogP contribution in [0, 0.1) is 17.3 Å². The van der Waals surface area contributed by atoms with Crippen LogP contribution in [0.5, 0.6) is 0 Å². The van der Waals surface area contributed by atoms with E-state index in [1.807, 2.05) is 0 Å². The summed E-state index contributed by atoms with van der Waals surface area (Å²) in [7, 11) is 0. The number of hydrogen-bond acceptors (Lipinski definition) is 2. The minimum atomic E-state index is -0.0905. The fourth-order valence-electron chi connectivity index (χ4n) is 4.36. The summed E-state index contributed by atoms with van der Waals surface area (Å²) in [5.41, 5.74) is -0.0905. The second-order valence-corrected chi connectivity index (χ2v) is 7.16. The number of hydrogen-bond donors (Lipinski definition) is 1. The van der Waals surface area contributed by atoms with E-state index < -0.39 is 0 Å². The number of carbonyl (C=O) groups excluding carboxylic acids is 1. The van der Waals surface area contributed by atoms with Crippen LogP contribution in [0.2, 0.25) is 0 Å². The van der Waals surface area contributed by atoms with Crippen molar-refractivity contribution in [3.05, 3.63) is 0 Å². The molecular weight excluding hydrogens is 236 g/mol. The van der Waals surface area contributed by atoms with Crippen LogP contribution in [0.4, 0.5) is 0 Å². The second-order valence-electron chi connectivity index (χ2n) is 7.16. The van der Waals surface area contributed by atoms with E-state index in [0.717, 1.165) is 50.9 Å². The Hall–Kier alpha value is -0.570. The third kappa shape index (κ3) is 2.67. The summed E-state index contributed by atoms with van der Waals surface area (Å²) < 4.78 is 0. The molecule has 19 heavy (non-hydrogen) atoms. The third-order valence-electron chi connectivity index (χ3n) is 5.80. The number of amides is 1. The van der Waals surface area contributed by atoms with Crippen molar-refractivity contribution in [3.8, 4) is 0 Å². The molecule has 108 valence electrons. The van der Waals surface area contributed by atoms with Crippen LogP contribution in [0.1, 0.15) is 51.9 Å². The van der Waals surface area contributed by atoms with E-state index in [4.69, 9.17) is 0 Å². The van der Waals surface area contributed by atoms with E-state index in [2.05, 4.69) is 17.1 Å². The smallest absolute Gasteiger partial charge is 0.228 e. The number of fused-ring (bicyclic) bond motifs is 1. The summed E-state index contributed by atoms with van der Waals surface area (Å²) in [6.45, 7) is 6.25. The van der Waals surface area contributed by atoms with Gasteiger partial charge in [-0.2, -0.15) is 0 Å². The number of likely N-dealkylation sites (tertiary alicyclic amines) is 1. The predicted octanol–water partition coefficient (Wildman–Crippen LogP) is 2.41. The van der Waals surface area contributed by atoms with Gasteiger partial charge in [0.15, 0.2) is 0 Å². The van der Waals surface area contributed by atoms with Gasteiger partial charge in [-0.3, -0.25) is 4.79 Å². The highest BCUT2D eigenvalue weighted by molar-refractivity contribution is 5.82. The van der Waals surface area contributed by atoms with Gasteiger partial charge in [-0.1, -0.05) is 26.2 Å². The van der Waals surface area contributed by atoms with Crippen molar-refractivity contribution in [2.75, 3.05) is 26.2 Å². The first-order valence-electron chi connectivity index (χ1n) is 8.19. The van der Waals surface area contributed by atoms with Crippen molar-refractivity contribution >= 4 is 5.91 Å². The Morgan fingerprint density at radius 2 is 1.79 bits per heavy atom. The average Bonchev–Trinajstić information content (AvgIpc) is 2.47. The lowest BCUT2D eigenvalue weighted by molar-refractivity contribution is -0.146. The Balaban J connectivity index is 1.64. The van der Waals surface area contributed by atoms with E-state index in [0.29, 0.717) is 5.91 Å². The maximum Gasteiger partial charge on any atom is 0.228 e. The van der Waals surface area contributed by atoms with Crippen LogP contribution in [-0.2, 0) is 4.79 Å².